The number of rotatable bonds is 6. The topological polar surface area (TPSA) is 52.6 Å². The van der Waals surface area contributed by atoms with Gasteiger partial charge in [-0.25, -0.2) is 4.98 Å². The Kier molecular flexibility index (Phi) is 9.47. The molecule has 27 heavy (non-hydrogen) atoms. The first kappa shape index (κ1) is 22.6. The summed E-state index contributed by atoms with van der Waals surface area (Å²) < 4.78 is 0. The van der Waals surface area contributed by atoms with Crippen molar-refractivity contribution >= 4 is 52.6 Å². The number of likely N-dealkylation sites (tertiary alicyclic amines) is 1. The summed E-state index contributed by atoms with van der Waals surface area (Å²) >= 11 is 3.52. The first-order valence-electron chi connectivity index (χ1n) is 9.28. The number of thiazole rings is 1. The number of halogens is 1. The SMILES string of the molecule is CN=C(NCC1CCN(Cc2csc(C)n2)CC1)NC(C)c1cccs1.I. The highest BCUT2D eigenvalue weighted by Crippen LogP contribution is 2.20. The lowest BCUT2D eigenvalue weighted by atomic mass is 9.97. The Morgan fingerprint density at radius 3 is 2.74 bits per heavy atom. The van der Waals surface area contributed by atoms with Crippen molar-refractivity contribution in [2.24, 2.45) is 10.9 Å². The van der Waals surface area contributed by atoms with E-state index < -0.39 is 0 Å². The van der Waals surface area contributed by atoms with Gasteiger partial charge in [0.15, 0.2) is 5.96 Å². The fourth-order valence-electron chi connectivity index (χ4n) is 3.31. The Morgan fingerprint density at radius 1 is 1.37 bits per heavy atom. The van der Waals surface area contributed by atoms with E-state index in [0.717, 1.165) is 37.1 Å². The number of aromatic nitrogens is 1. The number of piperidine rings is 1. The molecule has 0 bridgehead atoms. The van der Waals surface area contributed by atoms with Crippen LogP contribution in [0.5, 0.6) is 0 Å². The summed E-state index contributed by atoms with van der Waals surface area (Å²) in [6.45, 7) is 8.54. The van der Waals surface area contributed by atoms with Crippen LogP contribution in [-0.2, 0) is 6.54 Å². The lowest BCUT2D eigenvalue weighted by molar-refractivity contribution is 0.176. The van der Waals surface area contributed by atoms with Gasteiger partial charge in [0.05, 0.1) is 16.7 Å². The third-order valence-corrected chi connectivity index (χ3v) is 6.74. The lowest BCUT2D eigenvalue weighted by Crippen LogP contribution is -2.43. The van der Waals surface area contributed by atoms with Crippen LogP contribution in [0.2, 0.25) is 0 Å². The average Bonchev–Trinajstić information content (AvgIpc) is 3.31. The predicted molar refractivity (Wildman–Crippen MR) is 127 cm³/mol. The molecule has 2 N–H and O–H groups in total. The van der Waals surface area contributed by atoms with Crippen LogP contribution >= 0.6 is 46.7 Å². The van der Waals surface area contributed by atoms with Gasteiger partial charge in [0.1, 0.15) is 0 Å². The first-order valence-corrected chi connectivity index (χ1v) is 11.0. The van der Waals surface area contributed by atoms with E-state index in [1.807, 2.05) is 7.05 Å². The number of thiophene rings is 1. The Balaban J connectivity index is 0.00000261. The highest BCUT2D eigenvalue weighted by molar-refractivity contribution is 14.0. The number of guanidine groups is 1. The molecule has 1 atom stereocenters. The van der Waals surface area contributed by atoms with Gasteiger partial charge in [0.2, 0.25) is 0 Å². The van der Waals surface area contributed by atoms with E-state index in [-0.39, 0.29) is 30.0 Å². The summed E-state index contributed by atoms with van der Waals surface area (Å²) in [6.07, 6.45) is 2.46. The molecule has 0 radical (unpaired) electrons. The summed E-state index contributed by atoms with van der Waals surface area (Å²) in [4.78, 5) is 12.8. The zero-order valence-corrected chi connectivity index (χ0v) is 20.2. The molecular formula is C19H30IN5S2. The van der Waals surface area contributed by atoms with Crippen LogP contribution in [0.15, 0.2) is 27.9 Å². The smallest absolute Gasteiger partial charge is 0.191 e. The molecule has 2 aromatic rings. The van der Waals surface area contributed by atoms with Gasteiger partial charge in [0.25, 0.3) is 0 Å². The molecule has 0 aromatic carbocycles. The van der Waals surface area contributed by atoms with E-state index in [1.54, 1.807) is 22.7 Å². The van der Waals surface area contributed by atoms with Gasteiger partial charge in [-0.1, -0.05) is 6.07 Å². The molecule has 3 heterocycles. The predicted octanol–water partition coefficient (Wildman–Crippen LogP) is 4.27. The molecular weight excluding hydrogens is 489 g/mol. The van der Waals surface area contributed by atoms with Crippen molar-refractivity contribution in [1.82, 2.24) is 20.5 Å². The quantitative estimate of drug-likeness (QED) is 0.340. The van der Waals surface area contributed by atoms with Crippen LogP contribution in [0.3, 0.4) is 0 Å². The number of hydrogen-bond acceptors (Lipinski definition) is 5. The molecule has 0 amide bonds. The molecule has 5 nitrogen and oxygen atoms in total. The molecule has 1 fully saturated rings. The Morgan fingerprint density at radius 2 is 2.15 bits per heavy atom. The summed E-state index contributed by atoms with van der Waals surface area (Å²) in [5.74, 6) is 1.60. The maximum absolute atomic E-state index is 4.58. The summed E-state index contributed by atoms with van der Waals surface area (Å²) in [6, 6.07) is 4.54. The minimum Gasteiger partial charge on any atom is -0.356 e. The Bertz CT molecular complexity index is 693. The number of nitrogens with one attached hydrogen (secondary N) is 2. The van der Waals surface area contributed by atoms with Gasteiger partial charge in [-0.15, -0.1) is 46.7 Å². The first-order chi connectivity index (χ1) is 12.6. The monoisotopic (exact) mass is 519 g/mol. The standard InChI is InChI=1S/C19H29N5S2.HI/c1-14(18-5-4-10-25-18)22-19(20-3)21-11-16-6-8-24(9-7-16)12-17-13-26-15(2)23-17;/h4-5,10,13-14,16H,6-9,11-12H2,1-3H3,(H2,20,21,22);1H. The highest BCUT2D eigenvalue weighted by atomic mass is 127. The van der Waals surface area contributed by atoms with Crippen LogP contribution in [0.1, 0.15) is 41.4 Å². The van der Waals surface area contributed by atoms with Crippen LogP contribution in [0.25, 0.3) is 0 Å². The summed E-state index contributed by atoms with van der Waals surface area (Å²) in [5.41, 5.74) is 1.22. The van der Waals surface area contributed by atoms with E-state index in [9.17, 15) is 0 Å². The van der Waals surface area contributed by atoms with Crippen molar-refractivity contribution in [2.45, 2.75) is 39.3 Å². The molecule has 1 aliphatic heterocycles. The molecule has 3 rings (SSSR count). The van der Waals surface area contributed by atoms with E-state index >= 15 is 0 Å². The second-order valence-corrected chi connectivity index (χ2v) is 8.95. The average molecular weight is 520 g/mol. The second-order valence-electron chi connectivity index (χ2n) is 6.91. The molecule has 1 unspecified atom stereocenters. The molecule has 0 saturated carbocycles. The van der Waals surface area contributed by atoms with E-state index in [4.69, 9.17) is 0 Å². The molecule has 1 aliphatic rings. The third-order valence-electron chi connectivity index (χ3n) is 4.86. The van der Waals surface area contributed by atoms with Crippen molar-refractivity contribution in [1.29, 1.82) is 0 Å². The molecule has 0 aliphatic carbocycles. The van der Waals surface area contributed by atoms with Crippen molar-refractivity contribution in [3.05, 3.63) is 38.5 Å². The number of aliphatic imine (C=N–C) groups is 1. The third kappa shape index (κ3) is 6.99. The summed E-state index contributed by atoms with van der Waals surface area (Å²) in [7, 11) is 1.84. The number of nitrogens with zero attached hydrogens (tertiary/aromatic N) is 3. The fraction of sp³-hybridized carbons (Fsp3) is 0.579. The van der Waals surface area contributed by atoms with Gasteiger partial charge in [-0.3, -0.25) is 9.89 Å². The largest absolute Gasteiger partial charge is 0.356 e. The lowest BCUT2D eigenvalue weighted by Gasteiger charge is -2.32. The van der Waals surface area contributed by atoms with Crippen molar-refractivity contribution in [3.63, 3.8) is 0 Å². The van der Waals surface area contributed by atoms with E-state index in [2.05, 4.69) is 62.3 Å². The van der Waals surface area contributed by atoms with Crippen LogP contribution in [0.4, 0.5) is 0 Å². The van der Waals surface area contributed by atoms with E-state index in [1.165, 1.54) is 23.4 Å². The zero-order valence-electron chi connectivity index (χ0n) is 16.3. The van der Waals surface area contributed by atoms with Crippen molar-refractivity contribution < 1.29 is 0 Å². The molecule has 0 spiro atoms. The fourth-order valence-corrected chi connectivity index (χ4v) is 4.65. The van der Waals surface area contributed by atoms with Crippen LogP contribution in [0, 0.1) is 12.8 Å². The van der Waals surface area contributed by atoms with Crippen molar-refractivity contribution in [3.8, 4) is 0 Å². The van der Waals surface area contributed by atoms with Gasteiger partial charge < -0.3 is 10.6 Å². The molecule has 1 saturated heterocycles. The van der Waals surface area contributed by atoms with Gasteiger partial charge in [-0.2, -0.15) is 0 Å². The van der Waals surface area contributed by atoms with Gasteiger partial charge in [0, 0.05) is 30.4 Å². The minimum atomic E-state index is 0. The zero-order chi connectivity index (χ0) is 18.4. The van der Waals surface area contributed by atoms with E-state index in [0.29, 0.717) is 5.92 Å². The number of aryl methyl sites for hydroxylation is 1. The molecule has 150 valence electrons. The minimum absolute atomic E-state index is 0. The van der Waals surface area contributed by atoms with Gasteiger partial charge in [-0.05, 0) is 57.1 Å². The van der Waals surface area contributed by atoms with Crippen LogP contribution in [-0.4, -0.2) is 42.5 Å². The van der Waals surface area contributed by atoms with Gasteiger partial charge >= 0.3 is 0 Å². The van der Waals surface area contributed by atoms with Crippen molar-refractivity contribution in [2.75, 3.05) is 26.7 Å². The summed E-state index contributed by atoms with van der Waals surface area (Å²) in [5, 5.41) is 12.5. The molecule has 8 heteroatoms. The highest BCUT2D eigenvalue weighted by Gasteiger charge is 2.20. The maximum atomic E-state index is 4.58. The molecule has 2 aromatic heterocycles. The Labute approximate surface area is 187 Å². The maximum Gasteiger partial charge on any atom is 0.191 e. The second kappa shape index (κ2) is 11.3. The van der Waals surface area contributed by atoms with Crippen LogP contribution < -0.4 is 10.6 Å². The number of hydrogen-bond donors (Lipinski definition) is 2. The Hall–Kier alpha value is -0.710. The normalized spacial score (nSPS) is 17.4.